The van der Waals surface area contributed by atoms with Crippen molar-refractivity contribution in [1.29, 1.82) is 0 Å². The smallest absolute Gasteiger partial charge is 0.220 e. The number of benzene rings is 1. The first-order valence-electron chi connectivity index (χ1n) is 7.41. The maximum absolute atomic E-state index is 11.8. The molecule has 0 atom stereocenters. The number of hydrogen-bond acceptors (Lipinski definition) is 4. The molecule has 0 radical (unpaired) electrons. The monoisotopic (exact) mass is 293 g/mol. The molecule has 1 fully saturated rings. The van der Waals surface area contributed by atoms with Gasteiger partial charge < -0.3 is 19.5 Å². The van der Waals surface area contributed by atoms with Crippen LogP contribution in [0.3, 0.4) is 0 Å². The Morgan fingerprint density at radius 3 is 2.67 bits per heavy atom. The number of nitrogens with one attached hydrogen (secondary N) is 1. The third kappa shape index (κ3) is 5.73. The lowest BCUT2D eigenvalue weighted by Crippen LogP contribution is -2.31. The van der Waals surface area contributed by atoms with Gasteiger partial charge in [-0.1, -0.05) is 12.1 Å². The molecule has 0 aliphatic carbocycles. The van der Waals surface area contributed by atoms with Crippen molar-refractivity contribution in [1.82, 2.24) is 5.32 Å². The predicted octanol–water partition coefficient (Wildman–Crippen LogP) is 1.90. The van der Waals surface area contributed by atoms with E-state index >= 15 is 0 Å². The average Bonchev–Trinajstić information content (AvgIpc) is 2.54. The highest BCUT2D eigenvalue weighted by molar-refractivity contribution is 5.76. The Kier molecular flexibility index (Phi) is 6.50. The fourth-order valence-corrected chi connectivity index (χ4v) is 2.17. The number of rotatable bonds is 7. The van der Waals surface area contributed by atoms with Crippen LogP contribution < -0.4 is 10.1 Å². The summed E-state index contributed by atoms with van der Waals surface area (Å²) in [6.07, 6.45) is 2.70. The number of ether oxygens (including phenoxy) is 3. The standard InChI is InChI=1S/C16H23NO4/c1-19-14-6-3-13(4-7-14)5-8-15(18)17-10-9-16-20-11-2-12-21-16/h3-4,6-7,16H,2,5,8-12H2,1H3,(H,17,18). The average molecular weight is 293 g/mol. The number of amides is 1. The van der Waals surface area contributed by atoms with Gasteiger partial charge in [0, 0.05) is 19.4 Å². The minimum Gasteiger partial charge on any atom is -0.497 e. The Bertz CT molecular complexity index is 426. The van der Waals surface area contributed by atoms with Gasteiger partial charge in [0.05, 0.1) is 20.3 Å². The number of hydrogen-bond donors (Lipinski definition) is 1. The van der Waals surface area contributed by atoms with Crippen LogP contribution in [0.15, 0.2) is 24.3 Å². The number of aryl methyl sites for hydroxylation is 1. The maximum atomic E-state index is 11.8. The molecule has 1 amide bonds. The minimum absolute atomic E-state index is 0.0571. The van der Waals surface area contributed by atoms with Crippen molar-refractivity contribution in [3.8, 4) is 5.75 Å². The molecule has 0 unspecified atom stereocenters. The van der Waals surface area contributed by atoms with Crippen molar-refractivity contribution in [3.63, 3.8) is 0 Å². The zero-order valence-electron chi connectivity index (χ0n) is 12.5. The molecule has 1 aromatic rings. The zero-order chi connectivity index (χ0) is 14.9. The lowest BCUT2D eigenvalue weighted by Gasteiger charge is -2.23. The van der Waals surface area contributed by atoms with Crippen molar-refractivity contribution in [2.75, 3.05) is 26.9 Å². The largest absolute Gasteiger partial charge is 0.497 e. The quantitative estimate of drug-likeness (QED) is 0.834. The molecule has 0 aromatic heterocycles. The lowest BCUT2D eigenvalue weighted by atomic mass is 10.1. The summed E-state index contributed by atoms with van der Waals surface area (Å²) in [6.45, 7) is 2.08. The summed E-state index contributed by atoms with van der Waals surface area (Å²) in [7, 11) is 1.64. The Labute approximate surface area is 125 Å². The SMILES string of the molecule is COc1ccc(CCC(=O)NCCC2OCCCO2)cc1. The van der Waals surface area contributed by atoms with Gasteiger partial charge in [0.15, 0.2) is 6.29 Å². The van der Waals surface area contributed by atoms with Crippen LogP contribution in [0.2, 0.25) is 0 Å². The highest BCUT2D eigenvalue weighted by atomic mass is 16.7. The number of carbonyl (C=O) groups excluding carboxylic acids is 1. The first-order chi connectivity index (χ1) is 10.3. The minimum atomic E-state index is -0.166. The summed E-state index contributed by atoms with van der Waals surface area (Å²) in [5, 5.41) is 2.90. The van der Waals surface area contributed by atoms with E-state index in [1.165, 1.54) is 0 Å². The van der Waals surface area contributed by atoms with E-state index in [-0.39, 0.29) is 12.2 Å². The van der Waals surface area contributed by atoms with Crippen LogP contribution in [0.1, 0.15) is 24.8 Å². The summed E-state index contributed by atoms with van der Waals surface area (Å²) in [5.74, 6) is 0.886. The topological polar surface area (TPSA) is 56.8 Å². The first-order valence-corrected chi connectivity index (χ1v) is 7.41. The third-order valence-electron chi connectivity index (χ3n) is 3.40. The molecule has 0 spiro atoms. The van der Waals surface area contributed by atoms with Crippen molar-refractivity contribution in [2.45, 2.75) is 32.0 Å². The van der Waals surface area contributed by atoms with Gasteiger partial charge >= 0.3 is 0 Å². The van der Waals surface area contributed by atoms with E-state index in [4.69, 9.17) is 14.2 Å². The van der Waals surface area contributed by atoms with E-state index in [0.717, 1.165) is 37.4 Å². The van der Waals surface area contributed by atoms with Crippen LogP contribution in [0.5, 0.6) is 5.75 Å². The Morgan fingerprint density at radius 1 is 1.29 bits per heavy atom. The van der Waals surface area contributed by atoms with Crippen molar-refractivity contribution >= 4 is 5.91 Å². The van der Waals surface area contributed by atoms with Gasteiger partial charge in [0.2, 0.25) is 5.91 Å². The molecule has 1 aliphatic heterocycles. The Hall–Kier alpha value is -1.59. The second kappa shape index (κ2) is 8.64. The zero-order valence-corrected chi connectivity index (χ0v) is 12.5. The predicted molar refractivity (Wildman–Crippen MR) is 79.3 cm³/mol. The molecule has 1 heterocycles. The molecule has 116 valence electrons. The molecule has 0 bridgehead atoms. The van der Waals surface area contributed by atoms with E-state index in [1.54, 1.807) is 7.11 Å². The van der Waals surface area contributed by atoms with E-state index in [0.29, 0.717) is 19.4 Å². The highest BCUT2D eigenvalue weighted by Crippen LogP contribution is 2.12. The molecule has 5 nitrogen and oxygen atoms in total. The van der Waals surface area contributed by atoms with Gasteiger partial charge in [0.25, 0.3) is 0 Å². The van der Waals surface area contributed by atoms with Crippen LogP contribution in [-0.4, -0.2) is 39.1 Å². The van der Waals surface area contributed by atoms with Gasteiger partial charge in [-0.05, 0) is 30.5 Å². The fourth-order valence-electron chi connectivity index (χ4n) is 2.17. The highest BCUT2D eigenvalue weighted by Gasteiger charge is 2.13. The normalized spacial score (nSPS) is 15.7. The molecular weight excluding hydrogens is 270 g/mol. The maximum Gasteiger partial charge on any atom is 0.220 e. The second-order valence-corrected chi connectivity index (χ2v) is 5.01. The van der Waals surface area contributed by atoms with E-state index < -0.39 is 0 Å². The molecule has 1 aromatic carbocycles. The lowest BCUT2D eigenvalue weighted by molar-refractivity contribution is -0.180. The van der Waals surface area contributed by atoms with Crippen molar-refractivity contribution < 1.29 is 19.0 Å². The summed E-state index contributed by atoms with van der Waals surface area (Å²) >= 11 is 0. The molecule has 21 heavy (non-hydrogen) atoms. The van der Waals surface area contributed by atoms with E-state index in [9.17, 15) is 4.79 Å². The van der Waals surface area contributed by atoms with Gasteiger partial charge in [0.1, 0.15) is 5.75 Å². The van der Waals surface area contributed by atoms with E-state index in [1.807, 2.05) is 24.3 Å². The van der Waals surface area contributed by atoms with Crippen LogP contribution in [0.25, 0.3) is 0 Å². The van der Waals surface area contributed by atoms with Gasteiger partial charge in [-0.25, -0.2) is 0 Å². The molecular formula is C16H23NO4. The van der Waals surface area contributed by atoms with Gasteiger partial charge in [-0.15, -0.1) is 0 Å². The first kappa shape index (κ1) is 15.8. The number of carbonyl (C=O) groups is 1. The molecule has 1 saturated heterocycles. The summed E-state index contributed by atoms with van der Waals surface area (Å²) < 4.78 is 16.0. The Balaban J connectivity index is 1.60. The molecule has 2 rings (SSSR count). The van der Waals surface area contributed by atoms with Crippen LogP contribution >= 0.6 is 0 Å². The summed E-state index contributed by atoms with van der Waals surface area (Å²) in [4.78, 5) is 11.8. The molecule has 1 aliphatic rings. The van der Waals surface area contributed by atoms with Crippen LogP contribution in [-0.2, 0) is 20.7 Å². The number of methoxy groups -OCH3 is 1. The third-order valence-corrected chi connectivity index (χ3v) is 3.40. The van der Waals surface area contributed by atoms with Crippen LogP contribution in [0, 0.1) is 0 Å². The van der Waals surface area contributed by atoms with Crippen molar-refractivity contribution in [3.05, 3.63) is 29.8 Å². The molecule has 1 N–H and O–H groups in total. The van der Waals surface area contributed by atoms with E-state index in [2.05, 4.69) is 5.32 Å². The van der Waals surface area contributed by atoms with Crippen molar-refractivity contribution in [2.24, 2.45) is 0 Å². The molecule has 0 saturated carbocycles. The fraction of sp³-hybridized carbons (Fsp3) is 0.562. The summed E-state index contributed by atoms with van der Waals surface area (Å²) in [5.41, 5.74) is 1.13. The van der Waals surface area contributed by atoms with Crippen LogP contribution in [0.4, 0.5) is 0 Å². The second-order valence-electron chi connectivity index (χ2n) is 5.01. The Morgan fingerprint density at radius 2 is 2.00 bits per heavy atom. The van der Waals surface area contributed by atoms with Gasteiger partial charge in [-0.3, -0.25) is 4.79 Å². The summed E-state index contributed by atoms with van der Waals surface area (Å²) in [6, 6.07) is 7.78. The molecule has 5 heteroatoms. The van der Waals surface area contributed by atoms with Gasteiger partial charge in [-0.2, -0.15) is 0 Å².